The first-order valence-electron chi connectivity index (χ1n) is 8.18. The normalized spacial score (nSPS) is 12.0. The van der Waals surface area contributed by atoms with Gasteiger partial charge in [-0.15, -0.1) is 0 Å². The van der Waals surface area contributed by atoms with E-state index in [1.165, 1.54) is 10.3 Å². The topological polar surface area (TPSA) is 69.8 Å². The van der Waals surface area contributed by atoms with Crippen LogP contribution in [0.5, 0.6) is 0 Å². The molecule has 0 aliphatic rings. The highest BCUT2D eigenvalue weighted by Crippen LogP contribution is 2.26. The van der Waals surface area contributed by atoms with Crippen LogP contribution in [-0.2, 0) is 10.0 Å². The number of nitrogens with zero attached hydrogens (tertiary/aromatic N) is 4. The van der Waals surface area contributed by atoms with Crippen LogP contribution in [0.15, 0.2) is 60.1 Å². The minimum atomic E-state index is -3.74. The number of benzene rings is 2. The van der Waals surface area contributed by atoms with E-state index in [0.29, 0.717) is 16.6 Å². The predicted octanol–water partition coefficient (Wildman–Crippen LogP) is 3.38. The van der Waals surface area contributed by atoms with Crippen molar-refractivity contribution in [2.45, 2.75) is 25.7 Å². The lowest BCUT2D eigenvalue weighted by Gasteiger charge is -2.12. The van der Waals surface area contributed by atoms with Crippen molar-refractivity contribution in [1.82, 2.24) is 18.5 Å². The van der Waals surface area contributed by atoms with Gasteiger partial charge in [-0.1, -0.05) is 12.1 Å². The summed E-state index contributed by atoms with van der Waals surface area (Å²) in [4.78, 5) is 8.72. The zero-order chi connectivity index (χ0) is 18.5. The van der Waals surface area contributed by atoms with Gasteiger partial charge in [0.1, 0.15) is 6.33 Å². The Morgan fingerprint density at radius 2 is 1.73 bits per heavy atom. The largest absolute Gasteiger partial charge is 0.306 e. The predicted molar refractivity (Wildman–Crippen MR) is 100 cm³/mol. The van der Waals surface area contributed by atoms with Crippen LogP contribution in [0.25, 0.3) is 16.7 Å². The van der Waals surface area contributed by atoms with Gasteiger partial charge >= 0.3 is 0 Å². The van der Waals surface area contributed by atoms with Crippen LogP contribution < -0.4 is 0 Å². The second-order valence-corrected chi connectivity index (χ2v) is 8.14. The monoisotopic (exact) mass is 366 g/mol. The number of fused-ring (bicyclic) bond motifs is 1. The van der Waals surface area contributed by atoms with Gasteiger partial charge in [-0.05, 0) is 56.2 Å². The molecule has 4 aromatic rings. The summed E-state index contributed by atoms with van der Waals surface area (Å²) in [5, 5.41) is 0. The van der Waals surface area contributed by atoms with Crippen LogP contribution in [0, 0.1) is 20.8 Å². The van der Waals surface area contributed by atoms with E-state index in [4.69, 9.17) is 0 Å². The second-order valence-electron chi connectivity index (χ2n) is 6.36. The Bertz CT molecular complexity index is 1240. The molecule has 0 aliphatic carbocycles. The maximum absolute atomic E-state index is 13.2. The molecule has 26 heavy (non-hydrogen) atoms. The highest BCUT2D eigenvalue weighted by atomic mass is 32.2. The molecular weight excluding hydrogens is 348 g/mol. The lowest BCUT2D eigenvalue weighted by atomic mass is 10.2. The molecule has 0 aliphatic heterocycles. The van der Waals surface area contributed by atoms with Crippen molar-refractivity contribution in [3.63, 3.8) is 0 Å². The zero-order valence-corrected chi connectivity index (χ0v) is 15.5. The Balaban J connectivity index is 1.86. The molecule has 0 fully saturated rings. The van der Waals surface area contributed by atoms with Crippen molar-refractivity contribution in [2.75, 3.05) is 0 Å². The van der Waals surface area contributed by atoms with Crippen LogP contribution in [-0.4, -0.2) is 26.9 Å². The minimum absolute atomic E-state index is 0.264. The summed E-state index contributed by atoms with van der Waals surface area (Å²) in [7, 11) is -3.74. The first kappa shape index (κ1) is 16.5. The van der Waals surface area contributed by atoms with Crippen molar-refractivity contribution in [2.24, 2.45) is 0 Å². The highest BCUT2D eigenvalue weighted by molar-refractivity contribution is 7.90. The summed E-state index contributed by atoms with van der Waals surface area (Å²) < 4.78 is 29.6. The van der Waals surface area contributed by atoms with E-state index in [9.17, 15) is 8.42 Å². The van der Waals surface area contributed by atoms with Crippen LogP contribution >= 0.6 is 0 Å². The molecule has 0 amide bonds. The van der Waals surface area contributed by atoms with E-state index in [1.54, 1.807) is 25.4 Å². The Morgan fingerprint density at radius 3 is 2.42 bits per heavy atom. The molecule has 6 nitrogen and oxygen atoms in total. The molecular formula is C19H18N4O2S. The van der Waals surface area contributed by atoms with Crippen molar-refractivity contribution < 1.29 is 8.42 Å². The Morgan fingerprint density at radius 1 is 0.923 bits per heavy atom. The molecule has 0 saturated carbocycles. The van der Waals surface area contributed by atoms with Gasteiger partial charge in [0, 0.05) is 11.9 Å². The molecule has 2 aromatic carbocycles. The number of hydrogen-bond acceptors (Lipinski definition) is 4. The average molecular weight is 366 g/mol. The van der Waals surface area contributed by atoms with E-state index >= 15 is 0 Å². The molecule has 132 valence electrons. The van der Waals surface area contributed by atoms with Crippen LogP contribution in [0.3, 0.4) is 0 Å². The van der Waals surface area contributed by atoms with Gasteiger partial charge in [-0.2, -0.15) is 0 Å². The number of hydrogen-bond donors (Lipinski definition) is 0. The van der Waals surface area contributed by atoms with Gasteiger partial charge in [0.25, 0.3) is 10.0 Å². The third kappa shape index (κ3) is 2.52. The summed E-state index contributed by atoms with van der Waals surface area (Å²) in [6.07, 6.45) is 4.99. The Hall–Kier alpha value is -2.93. The molecule has 7 heteroatoms. The van der Waals surface area contributed by atoms with Gasteiger partial charge in [0.2, 0.25) is 0 Å². The molecule has 0 bridgehead atoms. The fourth-order valence-electron chi connectivity index (χ4n) is 3.14. The van der Waals surface area contributed by atoms with Gasteiger partial charge in [-0.3, -0.25) is 0 Å². The fraction of sp³-hybridized carbons (Fsp3) is 0.158. The standard InChI is InChI=1S/C19H18N4O2S/c1-13-5-4-6-17-19(13)23(12-21-17)26(24,25)18-8-7-16(9-14(18)2)22-10-15(3)20-11-22/h4-12H,1-3H3. The molecule has 0 saturated heterocycles. The Labute approximate surface area is 151 Å². The lowest BCUT2D eigenvalue weighted by Crippen LogP contribution is -2.14. The average Bonchev–Trinajstić information content (AvgIpc) is 3.22. The molecule has 0 atom stereocenters. The van der Waals surface area contributed by atoms with Crippen molar-refractivity contribution in [3.05, 3.63) is 72.1 Å². The van der Waals surface area contributed by atoms with Gasteiger partial charge in [-0.25, -0.2) is 22.4 Å². The van der Waals surface area contributed by atoms with Gasteiger partial charge in [0.15, 0.2) is 0 Å². The van der Waals surface area contributed by atoms with E-state index in [1.807, 2.05) is 48.9 Å². The summed E-state index contributed by atoms with van der Waals surface area (Å²) in [6.45, 7) is 5.59. The van der Waals surface area contributed by atoms with Crippen molar-refractivity contribution in [1.29, 1.82) is 0 Å². The SMILES string of the molecule is Cc1cn(-c2ccc(S(=O)(=O)n3cnc4cccc(C)c43)c(C)c2)cn1. The Kier molecular flexibility index (Phi) is 3.69. The number of rotatable bonds is 3. The molecule has 2 aromatic heterocycles. The third-order valence-corrected chi connectivity index (χ3v) is 6.25. The maximum atomic E-state index is 13.2. The van der Waals surface area contributed by atoms with Crippen LogP contribution in [0.2, 0.25) is 0 Å². The molecule has 0 unspecified atom stereocenters. The van der Waals surface area contributed by atoms with Gasteiger partial charge < -0.3 is 4.57 Å². The maximum Gasteiger partial charge on any atom is 0.269 e. The summed E-state index contributed by atoms with van der Waals surface area (Å²) in [6, 6.07) is 10.8. The summed E-state index contributed by atoms with van der Waals surface area (Å²) in [5.74, 6) is 0. The van der Waals surface area contributed by atoms with E-state index < -0.39 is 10.0 Å². The molecule has 4 rings (SSSR count). The third-order valence-electron chi connectivity index (χ3n) is 4.44. The quantitative estimate of drug-likeness (QED) is 0.557. The zero-order valence-electron chi connectivity index (χ0n) is 14.7. The molecule has 0 radical (unpaired) electrons. The van der Waals surface area contributed by atoms with Crippen LogP contribution in [0.4, 0.5) is 0 Å². The summed E-state index contributed by atoms with van der Waals surface area (Å²) >= 11 is 0. The highest BCUT2D eigenvalue weighted by Gasteiger charge is 2.22. The number of para-hydroxylation sites is 1. The number of aromatic nitrogens is 4. The lowest BCUT2D eigenvalue weighted by molar-refractivity contribution is 0.588. The fourth-order valence-corrected chi connectivity index (χ4v) is 4.71. The second kappa shape index (κ2) is 5.81. The van der Waals surface area contributed by atoms with Crippen molar-refractivity contribution >= 4 is 21.1 Å². The van der Waals surface area contributed by atoms with E-state index in [0.717, 1.165) is 16.9 Å². The first-order chi connectivity index (χ1) is 12.4. The van der Waals surface area contributed by atoms with Crippen molar-refractivity contribution in [3.8, 4) is 5.69 Å². The minimum Gasteiger partial charge on any atom is -0.306 e. The van der Waals surface area contributed by atoms with Gasteiger partial charge in [0.05, 0.1) is 28.0 Å². The summed E-state index contributed by atoms with van der Waals surface area (Å²) in [5.41, 5.74) is 4.59. The number of imidazole rings is 2. The molecule has 0 N–H and O–H groups in total. The molecule has 0 spiro atoms. The smallest absolute Gasteiger partial charge is 0.269 e. The van der Waals surface area contributed by atoms with E-state index in [-0.39, 0.29) is 4.90 Å². The van der Waals surface area contributed by atoms with Crippen LogP contribution in [0.1, 0.15) is 16.8 Å². The van der Waals surface area contributed by atoms with E-state index in [2.05, 4.69) is 9.97 Å². The molecule has 2 heterocycles. The first-order valence-corrected chi connectivity index (χ1v) is 9.62. The number of aryl methyl sites for hydroxylation is 3.